The van der Waals surface area contributed by atoms with Gasteiger partial charge in [0.25, 0.3) is 5.91 Å². The van der Waals surface area contributed by atoms with Crippen molar-refractivity contribution >= 4 is 61.9 Å². The van der Waals surface area contributed by atoms with Crippen LogP contribution in [-0.2, 0) is 19.6 Å². The van der Waals surface area contributed by atoms with Gasteiger partial charge < -0.3 is 4.90 Å². The highest BCUT2D eigenvalue weighted by Crippen LogP contribution is 2.32. The minimum atomic E-state index is -5.34. The molecule has 1 aromatic carbocycles. The van der Waals surface area contributed by atoms with Crippen molar-refractivity contribution in [1.82, 2.24) is 9.62 Å². The average molecular weight is 552 g/mol. The quantitative estimate of drug-likeness (QED) is 0.306. The minimum absolute atomic E-state index is 0.0838. The monoisotopic (exact) mass is 551 g/mol. The van der Waals surface area contributed by atoms with Crippen molar-refractivity contribution in [3.8, 4) is 0 Å². The molecule has 0 aliphatic carbocycles. The van der Waals surface area contributed by atoms with Crippen molar-refractivity contribution in [2.45, 2.75) is 45.7 Å². The summed E-state index contributed by atoms with van der Waals surface area (Å²) in [6.07, 6.45) is 0.659. The van der Waals surface area contributed by atoms with Crippen LogP contribution in [0, 0.1) is 0 Å². The summed E-state index contributed by atoms with van der Waals surface area (Å²) in [6.45, 7) is 5.73. The van der Waals surface area contributed by atoms with Crippen molar-refractivity contribution < 1.29 is 31.2 Å². The molecular weight excluding hydrogens is 523 g/mol. The number of hydrogen-bond acceptors (Lipinski definition) is 7. The molecule has 0 unspecified atom stereocenters. The van der Waals surface area contributed by atoms with Crippen LogP contribution in [0.25, 0.3) is 6.08 Å². The summed E-state index contributed by atoms with van der Waals surface area (Å²) in [5.74, 6) is -4.04. The molecule has 0 radical (unpaired) electrons. The normalized spacial score (nSPS) is 15.7. The molecule has 0 bridgehead atoms. The highest BCUT2D eigenvalue weighted by atomic mass is 32.2. The molecule has 1 aromatic rings. The Morgan fingerprint density at radius 2 is 1.71 bits per heavy atom. The van der Waals surface area contributed by atoms with E-state index in [-0.39, 0.29) is 9.23 Å². The third-order valence-electron chi connectivity index (χ3n) is 5.08. The molecular formula is C22H28F3N3O4S3. The lowest BCUT2D eigenvalue weighted by Crippen LogP contribution is -2.44. The van der Waals surface area contributed by atoms with Gasteiger partial charge in [0.1, 0.15) is 4.32 Å². The Labute approximate surface area is 213 Å². The van der Waals surface area contributed by atoms with Gasteiger partial charge in [0.15, 0.2) is 0 Å². The Morgan fingerprint density at radius 1 is 1.14 bits per heavy atom. The fourth-order valence-electron chi connectivity index (χ4n) is 3.16. The lowest BCUT2D eigenvalue weighted by molar-refractivity contribution is -0.171. The van der Waals surface area contributed by atoms with Crippen LogP contribution < -0.4 is 9.62 Å². The number of carbonyl (C=O) groups excluding carboxylic acids is 2. The molecule has 2 rings (SSSR count). The van der Waals surface area contributed by atoms with Gasteiger partial charge in [0.2, 0.25) is 10.0 Å². The molecule has 35 heavy (non-hydrogen) atoms. The summed E-state index contributed by atoms with van der Waals surface area (Å²) in [7, 11) is -4.61. The van der Waals surface area contributed by atoms with E-state index in [1.54, 1.807) is 6.08 Å². The summed E-state index contributed by atoms with van der Waals surface area (Å²) >= 11 is 6.12. The van der Waals surface area contributed by atoms with Gasteiger partial charge in [0, 0.05) is 25.3 Å². The molecule has 1 heterocycles. The second kappa shape index (κ2) is 12.7. The van der Waals surface area contributed by atoms with Crippen molar-refractivity contribution in [2.75, 3.05) is 30.3 Å². The summed E-state index contributed by atoms with van der Waals surface area (Å²) in [5.41, 5.74) is 1.84. The lowest BCUT2D eigenvalue weighted by atomic mass is 10.1. The van der Waals surface area contributed by atoms with Crippen LogP contribution in [0.15, 0.2) is 29.2 Å². The molecule has 1 saturated heterocycles. The van der Waals surface area contributed by atoms with Crippen LogP contribution in [-0.4, -0.2) is 61.0 Å². The van der Waals surface area contributed by atoms with E-state index in [9.17, 15) is 31.2 Å². The van der Waals surface area contributed by atoms with E-state index < -0.39 is 40.3 Å². The fourth-order valence-corrected chi connectivity index (χ4v) is 5.39. The topological polar surface area (TPSA) is 86.8 Å². The predicted molar refractivity (Wildman–Crippen MR) is 136 cm³/mol. The number of anilines is 1. The molecule has 1 aliphatic heterocycles. The SMILES string of the molecule is CCCCN(CCCC)c1ccc(/C=C2\SC(=S)N(CCS(=O)(=O)NC(=O)C(F)(F)F)C2=O)cc1. The van der Waals surface area contributed by atoms with Gasteiger partial charge in [-0.1, -0.05) is 62.8 Å². The average Bonchev–Trinajstić information content (AvgIpc) is 3.04. The number of hydrogen-bond donors (Lipinski definition) is 1. The molecule has 13 heteroatoms. The van der Waals surface area contributed by atoms with Gasteiger partial charge in [-0.15, -0.1) is 0 Å². The first-order valence-corrected chi connectivity index (χ1v) is 14.0. The Hall–Kier alpha value is -2.12. The van der Waals surface area contributed by atoms with Gasteiger partial charge in [-0.3, -0.25) is 14.5 Å². The molecule has 1 fully saturated rings. The molecule has 1 N–H and O–H groups in total. The largest absolute Gasteiger partial charge is 0.472 e. The van der Waals surface area contributed by atoms with E-state index in [0.29, 0.717) is 0 Å². The Kier molecular flexibility index (Phi) is 10.6. The minimum Gasteiger partial charge on any atom is -0.372 e. The van der Waals surface area contributed by atoms with Crippen molar-refractivity contribution in [3.63, 3.8) is 0 Å². The van der Waals surface area contributed by atoms with Crippen LogP contribution in [0.3, 0.4) is 0 Å². The number of thiocarbonyl (C=S) groups is 1. The smallest absolute Gasteiger partial charge is 0.372 e. The van der Waals surface area contributed by atoms with Crippen molar-refractivity contribution in [3.05, 3.63) is 34.7 Å². The number of halogens is 3. The van der Waals surface area contributed by atoms with Crippen LogP contribution in [0.4, 0.5) is 18.9 Å². The predicted octanol–water partition coefficient (Wildman–Crippen LogP) is 4.30. The Bertz CT molecular complexity index is 1050. The molecule has 7 nitrogen and oxygen atoms in total. The summed E-state index contributed by atoms with van der Waals surface area (Å²) in [4.78, 5) is 27.2. The van der Waals surface area contributed by atoms with Crippen molar-refractivity contribution in [2.24, 2.45) is 0 Å². The van der Waals surface area contributed by atoms with Gasteiger partial charge in [-0.25, -0.2) is 13.1 Å². The van der Waals surface area contributed by atoms with Gasteiger partial charge in [-0.05, 0) is 36.6 Å². The van der Waals surface area contributed by atoms with Gasteiger partial charge in [0.05, 0.1) is 10.7 Å². The van der Waals surface area contributed by atoms with Crippen LogP contribution in [0.5, 0.6) is 0 Å². The molecule has 194 valence electrons. The number of amides is 2. The van der Waals surface area contributed by atoms with Crippen molar-refractivity contribution in [1.29, 1.82) is 0 Å². The standard InChI is InChI=1S/C22H28F3N3O4S3/c1-3-5-11-27(12-6-4-2)17-9-7-16(8-10-17)15-18-19(29)28(21(33)34-18)13-14-35(31,32)26-20(30)22(23,24)25/h7-10,15H,3-6,11-14H2,1-2H3,(H,26,30)/b18-15-. The maximum absolute atomic E-state index is 12.7. The molecule has 0 aromatic heterocycles. The first-order chi connectivity index (χ1) is 16.4. The number of alkyl halides is 3. The molecule has 2 amide bonds. The molecule has 0 saturated carbocycles. The van der Waals surface area contributed by atoms with Gasteiger partial charge >= 0.3 is 12.1 Å². The zero-order chi connectivity index (χ0) is 26.2. The highest BCUT2D eigenvalue weighted by molar-refractivity contribution is 8.26. The Balaban J connectivity index is 2.06. The van der Waals surface area contributed by atoms with E-state index in [2.05, 4.69) is 18.7 Å². The third kappa shape index (κ3) is 8.80. The zero-order valence-electron chi connectivity index (χ0n) is 19.4. The summed E-state index contributed by atoms with van der Waals surface area (Å²) < 4.78 is 61.6. The second-order valence-electron chi connectivity index (χ2n) is 7.87. The second-order valence-corrected chi connectivity index (χ2v) is 11.4. The van der Waals surface area contributed by atoms with E-state index >= 15 is 0 Å². The number of rotatable bonds is 12. The van der Waals surface area contributed by atoms with E-state index in [1.165, 1.54) is 0 Å². The first kappa shape index (κ1) is 29.1. The van der Waals surface area contributed by atoms with E-state index in [0.717, 1.165) is 71.4 Å². The maximum atomic E-state index is 12.7. The number of sulfonamides is 1. The van der Waals surface area contributed by atoms with Crippen LogP contribution >= 0.6 is 24.0 Å². The number of benzene rings is 1. The lowest BCUT2D eigenvalue weighted by Gasteiger charge is -2.24. The third-order valence-corrected chi connectivity index (χ3v) is 7.68. The molecule has 0 atom stereocenters. The maximum Gasteiger partial charge on any atom is 0.472 e. The number of nitrogens with one attached hydrogen (secondary N) is 1. The molecule has 1 aliphatic rings. The Morgan fingerprint density at radius 3 is 2.23 bits per heavy atom. The van der Waals surface area contributed by atoms with E-state index in [1.807, 2.05) is 24.3 Å². The van der Waals surface area contributed by atoms with Crippen LogP contribution in [0.2, 0.25) is 0 Å². The van der Waals surface area contributed by atoms with Gasteiger partial charge in [-0.2, -0.15) is 13.2 Å². The number of carbonyl (C=O) groups is 2. The fraction of sp³-hybridized carbons (Fsp3) is 0.500. The summed E-state index contributed by atoms with van der Waals surface area (Å²) in [6, 6.07) is 7.72. The zero-order valence-corrected chi connectivity index (χ0v) is 21.9. The summed E-state index contributed by atoms with van der Waals surface area (Å²) in [5, 5.41) is 0. The van der Waals surface area contributed by atoms with E-state index in [4.69, 9.17) is 12.2 Å². The number of thioether (sulfide) groups is 1. The molecule has 0 spiro atoms. The van der Waals surface area contributed by atoms with Crippen LogP contribution in [0.1, 0.15) is 45.1 Å². The highest BCUT2D eigenvalue weighted by Gasteiger charge is 2.41. The first-order valence-electron chi connectivity index (χ1n) is 11.1. The number of unbranched alkanes of at least 4 members (excludes halogenated alkanes) is 2. The number of nitrogens with zero attached hydrogens (tertiary/aromatic N) is 2.